The van der Waals surface area contributed by atoms with Crippen LogP contribution in [0.2, 0.25) is 10.0 Å². The van der Waals surface area contributed by atoms with Crippen LogP contribution in [0.15, 0.2) is 55.1 Å². The number of aldehydes is 1. The van der Waals surface area contributed by atoms with Crippen molar-refractivity contribution in [3.8, 4) is 0 Å². The molecule has 0 amide bonds. The van der Waals surface area contributed by atoms with Gasteiger partial charge in [-0.15, -0.1) is 6.58 Å². The molecular weight excluding hydrogens is 331 g/mol. The molecular formula is C18H18Cl2N2O. The number of carbonyl (C=O) groups is 1. The lowest BCUT2D eigenvalue weighted by Gasteiger charge is -2.18. The van der Waals surface area contributed by atoms with E-state index < -0.39 is 6.04 Å². The Bertz CT molecular complexity index is 688. The lowest BCUT2D eigenvalue weighted by atomic mass is 10.0. The normalized spacial score (nSPS) is 11.7. The highest BCUT2D eigenvalue weighted by Gasteiger charge is 2.13. The van der Waals surface area contributed by atoms with Crippen molar-refractivity contribution in [3.63, 3.8) is 0 Å². The fraction of sp³-hybridized carbons (Fsp3) is 0.167. The number of nitrogens with one attached hydrogen (secondary N) is 2. The summed E-state index contributed by atoms with van der Waals surface area (Å²) in [5.41, 5.74) is 2.76. The van der Waals surface area contributed by atoms with E-state index in [1.807, 2.05) is 30.3 Å². The van der Waals surface area contributed by atoms with Crippen LogP contribution in [-0.4, -0.2) is 12.8 Å². The number of benzene rings is 2. The second-order valence-corrected chi connectivity index (χ2v) is 5.81. The summed E-state index contributed by atoms with van der Waals surface area (Å²) in [6.45, 7) is 4.84. The van der Waals surface area contributed by atoms with Crippen LogP contribution in [0, 0.1) is 0 Å². The summed E-state index contributed by atoms with van der Waals surface area (Å²) in [5, 5.41) is 7.48. The molecule has 2 N–H and O–H groups in total. The van der Waals surface area contributed by atoms with E-state index in [-0.39, 0.29) is 0 Å². The average molecular weight is 349 g/mol. The summed E-state index contributed by atoms with van der Waals surface area (Å²) in [4.78, 5) is 11.5. The maximum Gasteiger partial charge on any atom is 0.141 e. The predicted octanol–water partition coefficient (Wildman–Crippen LogP) is 4.62. The highest BCUT2D eigenvalue weighted by molar-refractivity contribution is 6.42. The first kappa shape index (κ1) is 17.5. The lowest BCUT2D eigenvalue weighted by Crippen LogP contribution is -2.23. The van der Waals surface area contributed by atoms with Gasteiger partial charge in [0.1, 0.15) is 6.29 Å². The molecule has 0 spiro atoms. The van der Waals surface area contributed by atoms with Crippen LogP contribution in [-0.2, 0) is 11.3 Å². The summed E-state index contributed by atoms with van der Waals surface area (Å²) in [7, 11) is 0. The van der Waals surface area contributed by atoms with E-state index in [4.69, 9.17) is 23.2 Å². The smallest absolute Gasteiger partial charge is 0.141 e. The SMILES string of the molecule is C=CCNc1ccccc1C(C=O)NCc1ccc(Cl)c(Cl)c1. The van der Waals surface area contributed by atoms with Gasteiger partial charge < -0.3 is 10.1 Å². The summed E-state index contributed by atoms with van der Waals surface area (Å²) in [5.74, 6) is 0. The Morgan fingerprint density at radius 3 is 2.61 bits per heavy atom. The minimum Gasteiger partial charge on any atom is -0.381 e. The third kappa shape index (κ3) is 4.83. The van der Waals surface area contributed by atoms with Crippen LogP contribution in [0.25, 0.3) is 0 Å². The fourth-order valence-corrected chi connectivity index (χ4v) is 2.54. The molecule has 1 unspecified atom stereocenters. The summed E-state index contributed by atoms with van der Waals surface area (Å²) in [6.07, 6.45) is 2.67. The molecule has 0 bridgehead atoms. The van der Waals surface area contributed by atoms with Gasteiger partial charge in [-0.25, -0.2) is 0 Å². The molecule has 3 nitrogen and oxygen atoms in total. The Morgan fingerprint density at radius 2 is 1.91 bits per heavy atom. The van der Waals surface area contributed by atoms with E-state index in [2.05, 4.69) is 17.2 Å². The standard InChI is InChI=1S/C18H18Cl2N2O/c1-2-9-21-17-6-4-3-5-14(17)18(12-23)22-11-13-7-8-15(19)16(20)10-13/h2-8,10,12,18,21-22H,1,9,11H2. The topological polar surface area (TPSA) is 41.1 Å². The van der Waals surface area contributed by atoms with E-state index in [1.54, 1.807) is 18.2 Å². The van der Waals surface area contributed by atoms with Gasteiger partial charge >= 0.3 is 0 Å². The molecule has 0 saturated heterocycles. The minimum absolute atomic E-state index is 0.419. The van der Waals surface area contributed by atoms with Crippen LogP contribution in [0.4, 0.5) is 5.69 Å². The molecule has 0 saturated carbocycles. The number of halogens is 2. The van der Waals surface area contributed by atoms with Gasteiger partial charge in [-0.05, 0) is 29.3 Å². The quantitative estimate of drug-likeness (QED) is 0.540. The molecule has 2 rings (SSSR count). The third-order valence-corrected chi connectivity index (χ3v) is 4.12. The third-order valence-electron chi connectivity index (χ3n) is 3.38. The Hall–Kier alpha value is -1.81. The monoisotopic (exact) mass is 348 g/mol. The summed E-state index contributed by atoms with van der Waals surface area (Å²) >= 11 is 11.9. The molecule has 2 aromatic carbocycles. The van der Waals surface area contributed by atoms with E-state index in [9.17, 15) is 4.79 Å². The number of rotatable bonds is 8. The molecule has 0 radical (unpaired) electrons. The van der Waals surface area contributed by atoms with Crippen molar-refractivity contribution in [1.29, 1.82) is 0 Å². The zero-order valence-electron chi connectivity index (χ0n) is 12.6. The van der Waals surface area contributed by atoms with E-state index in [0.29, 0.717) is 23.1 Å². The first-order chi connectivity index (χ1) is 11.2. The van der Waals surface area contributed by atoms with E-state index >= 15 is 0 Å². The van der Waals surface area contributed by atoms with Gasteiger partial charge in [-0.2, -0.15) is 0 Å². The van der Waals surface area contributed by atoms with Gasteiger partial charge in [0.2, 0.25) is 0 Å². The lowest BCUT2D eigenvalue weighted by molar-refractivity contribution is -0.109. The Kier molecular flexibility index (Phi) is 6.66. The molecule has 0 heterocycles. The average Bonchev–Trinajstić information content (AvgIpc) is 2.57. The van der Waals surface area contributed by atoms with Crippen molar-refractivity contribution < 1.29 is 4.79 Å². The van der Waals surface area contributed by atoms with Crippen molar-refractivity contribution in [2.75, 3.05) is 11.9 Å². The number of para-hydroxylation sites is 1. The van der Waals surface area contributed by atoms with Crippen molar-refractivity contribution in [3.05, 3.63) is 76.3 Å². The van der Waals surface area contributed by atoms with E-state index in [0.717, 1.165) is 23.1 Å². The van der Waals surface area contributed by atoms with Gasteiger partial charge in [0.05, 0.1) is 16.1 Å². The number of carbonyl (C=O) groups excluding carboxylic acids is 1. The van der Waals surface area contributed by atoms with Crippen LogP contribution in [0.1, 0.15) is 17.2 Å². The Balaban J connectivity index is 2.12. The fourth-order valence-electron chi connectivity index (χ4n) is 2.22. The van der Waals surface area contributed by atoms with Crippen LogP contribution >= 0.6 is 23.2 Å². The van der Waals surface area contributed by atoms with Gasteiger partial charge in [0.15, 0.2) is 0 Å². The molecule has 120 valence electrons. The molecule has 0 aliphatic rings. The second kappa shape index (κ2) is 8.73. The van der Waals surface area contributed by atoms with E-state index in [1.165, 1.54) is 0 Å². The number of anilines is 1. The van der Waals surface area contributed by atoms with Crippen LogP contribution < -0.4 is 10.6 Å². The van der Waals surface area contributed by atoms with Crippen LogP contribution in [0.5, 0.6) is 0 Å². The van der Waals surface area contributed by atoms with Crippen LogP contribution in [0.3, 0.4) is 0 Å². The number of hydrogen-bond donors (Lipinski definition) is 2. The van der Waals surface area contributed by atoms with Gasteiger partial charge in [0.25, 0.3) is 0 Å². The summed E-state index contributed by atoms with van der Waals surface area (Å²) in [6, 6.07) is 12.7. The molecule has 2 aromatic rings. The van der Waals surface area contributed by atoms with Crippen molar-refractivity contribution in [1.82, 2.24) is 5.32 Å². The Morgan fingerprint density at radius 1 is 1.13 bits per heavy atom. The second-order valence-electron chi connectivity index (χ2n) is 5.00. The molecule has 1 atom stereocenters. The highest BCUT2D eigenvalue weighted by atomic mass is 35.5. The largest absolute Gasteiger partial charge is 0.381 e. The molecule has 0 fully saturated rings. The molecule has 5 heteroatoms. The molecule has 23 heavy (non-hydrogen) atoms. The minimum atomic E-state index is -0.419. The summed E-state index contributed by atoms with van der Waals surface area (Å²) < 4.78 is 0. The first-order valence-corrected chi connectivity index (χ1v) is 7.97. The highest BCUT2D eigenvalue weighted by Crippen LogP contribution is 2.24. The Labute approximate surface area is 146 Å². The molecule has 0 aromatic heterocycles. The first-order valence-electron chi connectivity index (χ1n) is 7.22. The zero-order valence-corrected chi connectivity index (χ0v) is 14.1. The maximum absolute atomic E-state index is 11.5. The molecule has 0 aliphatic heterocycles. The van der Waals surface area contributed by atoms with Crippen molar-refractivity contribution in [2.45, 2.75) is 12.6 Å². The maximum atomic E-state index is 11.5. The van der Waals surface area contributed by atoms with Crippen molar-refractivity contribution in [2.24, 2.45) is 0 Å². The predicted molar refractivity (Wildman–Crippen MR) is 97.2 cm³/mol. The van der Waals surface area contributed by atoms with Gasteiger partial charge in [0, 0.05) is 18.8 Å². The molecule has 0 aliphatic carbocycles. The van der Waals surface area contributed by atoms with Gasteiger partial charge in [-0.3, -0.25) is 5.32 Å². The zero-order chi connectivity index (χ0) is 16.7. The van der Waals surface area contributed by atoms with Crippen molar-refractivity contribution >= 4 is 35.2 Å². The van der Waals surface area contributed by atoms with Gasteiger partial charge in [-0.1, -0.05) is 53.5 Å². The number of hydrogen-bond acceptors (Lipinski definition) is 3.